The number of ether oxygens (including phenoxy) is 1. The summed E-state index contributed by atoms with van der Waals surface area (Å²) in [6.45, 7) is 4.36. The molecule has 2 rings (SSSR count). The van der Waals surface area contributed by atoms with E-state index in [0.717, 1.165) is 5.56 Å². The molecule has 2 aromatic rings. The molecular formula is C17H20N4O3. The molecule has 0 radical (unpaired) electrons. The van der Waals surface area contributed by atoms with E-state index in [1.165, 1.54) is 0 Å². The molecule has 0 saturated heterocycles. The summed E-state index contributed by atoms with van der Waals surface area (Å²) in [6, 6.07) is 6.88. The van der Waals surface area contributed by atoms with Crippen molar-refractivity contribution in [1.29, 1.82) is 0 Å². The maximum atomic E-state index is 12.1. The minimum Gasteiger partial charge on any atom is -0.477 e. The van der Waals surface area contributed by atoms with Gasteiger partial charge in [-0.25, -0.2) is 9.97 Å². The average Bonchev–Trinajstić information content (AvgIpc) is 2.57. The second-order valence-electron chi connectivity index (χ2n) is 5.06. The molecule has 24 heavy (non-hydrogen) atoms. The smallest absolute Gasteiger partial charge is 0.256 e. The fourth-order valence-electron chi connectivity index (χ4n) is 1.95. The second-order valence-corrected chi connectivity index (χ2v) is 5.06. The van der Waals surface area contributed by atoms with E-state index in [1.807, 2.05) is 19.9 Å². The number of carbonyl (C=O) groups is 2. The highest BCUT2D eigenvalue weighted by Crippen LogP contribution is 2.13. The minimum absolute atomic E-state index is 0.144. The molecule has 2 N–H and O–H groups in total. The highest BCUT2D eigenvalue weighted by molar-refractivity contribution is 5.97. The van der Waals surface area contributed by atoms with Gasteiger partial charge >= 0.3 is 0 Å². The van der Waals surface area contributed by atoms with Crippen LogP contribution in [0.25, 0.3) is 0 Å². The van der Waals surface area contributed by atoms with Crippen LogP contribution in [0.4, 0.5) is 5.82 Å². The Morgan fingerprint density at radius 2 is 2.04 bits per heavy atom. The van der Waals surface area contributed by atoms with Crippen molar-refractivity contribution in [2.45, 2.75) is 20.3 Å². The molecule has 0 aliphatic rings. The number of carbonyl (C=O) groups excluding carboxylic acids is 2. The first-order chi connectivity index (χ1) is 11.6. The zero-order valence-electron chi connectivity index (χ0n) is 13.7. The zero-order chi connectivity index (χ0) is 17.4. The molecule has 126 valence electrons. The van der Waals surface area contributed by atoms with E-state index in [9.17, 15) is 9.59 Å². The van der Waals surface area contributed by atoms with Gasteiger partial charge < -0.3 is 15.4 Å². The van der Waals surface area contributed by atoms with Gasteiger partial charge in [0.05, 0.1) is 6.61 Å². The lowest BCUT2D eigenvalue weighted by molar-refractivity contribution is -0.116. The Morgan fingerprint density at radius 1 is 1.21 bits per heavy atom. The molecule has 0 atom stereocenters. The van der Waals surface area contributed by atoms with Gasteiger partial charge in [-0.3, -0.25) is 9.59 Å². The SMILES string of the molecule is CCOc1ncccc1C(=O)NCCC(=O)Nc1ccc(C)cn1. The van der Waals surface area contributed by atoms with Gasteiger partial charge in [0.2, 0.25) is 11.8 Å². The van der Waals surface area contributed by atoms with Crippen molar-refractivity contribution in [3.8, 4) is 5.88 Å². The standard InChI is InChI=1S/C17H20N4O3/c1-3-24-17-13(5-4-9-19-17)16(23)18-10-8-15(22)21-14-7-6-12(2)11-20-14/h4-7,9,11H,3,8,10H2,1-2H3,(H,18,23)(H,20,21,22). The van der Waals surface area contributed by atoms with Crippen LogP contribution in [0.3, 0.4) is 0 Å². The number of hydrogen-bond acceptors (Lipinski definition) is 5. The predicted molar refractivity (Wildman–Crippen MR) is 90.0 cm³/mol. The molecule has 2 amide bonds. The maximum Gasteiger partial charge on any atom is 0.256 e. The number of aromatic nitrogens is 2. The molecule has 0 fully saturated rings. The third-order valence-corrected chi connectivity index (χ3v) is 3.11. The van der Waals surface area contributed by atoms with Crippen molar-refractivity contribution >= 4 is 17.6 Å². The number of nitrogens with zero attached hydrogens (tertiary/aromatic N) is 2. The van der Waals surface area contributed by atoms with Gasteiger partial charge in [0, 0.05) is 25.4 Å². The largest absolute Gasteiger partial charge is 0.477 e. The number of pyridine rings is 2. The minimum atomic E-state index is -0.326. The van der Waals surface area contributed by atoms with Crippen molar-refractivity contribution in [1.82, 2.24) is 15.3 Å². The molecule has 7 nitrogen and oxygen atoms in total. The van der Waals surface area contributed by atoms with Gasteiger partial charge in [0.1, 0.15) is 11.4 Å². The van der Waals surface area contributed by atoms with Crippen LogP contribution in [-0.2, 0) is 4.79 Å². The number of rotatable bonds is 7. The van der Waals surface area contributed by atoms with E-state index < -0.39 is 0 Å². The van der Waals surface area contributed by atoms with Gasteiger partial charge in [0.15, 0.2) is 0 Å². The number of amides is 2. The van der Waals surface area contributed by atoms with E-state index in [0.29, 0.717) is 18.0 Å². The van der Waals surface area contributed by atoms with Crippen molar-refractivity contribution in [2.75, 3.05) is 18.5 Å². The molecule has 0 unspecified atom stereocenters. The van der Waals surface area contributed by atoms with Crippen LogP contribution in [0.15, 0.2) is 36.7 Å². The highest BCUT2D eigenvalue weighted by atomic mass is 16.5. The lowest BCUT2D eigenvalue weighted by atomic mass is 10.2. The molecular weight excluding hydrogens is 308 g/mol. The summed E-state index contributed by atoms with van der Waals surface area (Å²) in [4.78, 5) is 32.1. The van der Waals surface area contributed by atoms with Crippen molar-refractivity contribution in [3.63, 3.8) is 0 Å². The molecule has 0 bridgehead atoms. The summed E-state index contributed by atoms with van der Waals surface area (Å²) in [7, 11) is 0. The Kier molecular flexibility index (Phi) is 6.24. The molecule has 0 aliphatic heterocycles. The van der Waals surface area contributed by atoms with Crippen LogP contribution in [0.2, 0.25) is 0 Å². The molecule has 0 spiro atoms. The predicted octanol–water partition coefficient (Wildman–Crippen LogP) is 1.94. The van der Waals surface area contributed by atoms with Crippen molar-refractivity contribution < 1.29 is 14.3 Å². The van der Waals surface area contributed by atoms with Gasteiger partial charge in [-0.05, 0) is 37.6 Å². The number of nitrogens with one attached hydrogen (secondary N) is 2. The molecule has 0 aromatic carbocycles. The van der Waals surface area contributed by atoms with Crippen molar-refractivity contribution in [3.05, 3.63) is 47.8 Å². The van der Waals surface area contributed by atoms with Crippen LogP contribution in [0.1, 0.15) is 29.3 Å². The lowest BCUT2D eigenvalue weighted by Crippen LogP contribution is -2.28. The number of anilines is 1. The monoisotopic (exact) mass is 328 g/mol. The van der Waals surface area contributed by atoms with Crippen LogP contribution in [0, 0.1) is 6.92 Å². The third kappa shape index (κ3) is 5.05. The molecule has 2 aromatic heterocycles. The quantitative estimate of drug-likeness (QED) is 0.810. The van der Waals surface area contributed by atoms with E-state index in [4.69, 9.17) is 4.74 Å². The van der Waals surface area contributed by atoms with Gasteiger partial charge in [-0.2, -0.15) is 0 Å². The summed E-state index contributed by atoms with van der Waals surface area (Å²) in [5.41, 5.74) is 1.36. The zero-order valence-corrected chi connectivity index (χ0v) is 13.7. The van der Waals surface area contributed by atoms with Gasteiger partial charge in [0.25, 0.3) is 5.91 Å². The average molecular weight is 328 g/mol. The van der Waals surface area contributed by atoms with E-state index in [2.05, 4.69) is 20.6 Å². The van der Waals surface area contributed by atoms with Crippen LogP contribution in [-0.4, -0.2) is 34.9 Å². The topological polar surface area (TPSA) is 93.2 Å². The van der Waals surface area contributed by atoms with Crippen LogP contribution in [0.5, 0.6) is 5.88 Å². The van der Waals surface area contributed by atoms with Gasteiger partial charge in [-0.1, -0.05) is 6.07 Å². The summed E-state index contributed by atoms with van der Waals surface area (Å²) in [5.74, 6) is 0.226. The Balaban J connectivity index is 1.82. The first-order valence-electron chi connectivity index (χ1n) is 7.68. The van der Waals surface area contributed by atoms with Crippen molar-refractivity contribution in [2.24, 2.45) is 0 Å². The third-order valence-electron chi connectivity index (χ3n) is 3.11. The maximum absolute atomic E-state index is 12.1. The summed E-state index contributed by atoms with van der Waals surface area (Å²) >= 11 is 0. The van der Waals surface area contributed by atoms with E-state index in [-0.39, 0.29) is 30.7 Å². The van der Waals surface area contributed by atoms with Crippen LogP contribution < -0.4 is 15.4 Å². The summed E-state index contributed by atoms with van der Waals surface area (Å²) in [5, 5.41) is 5.36. The highest BCUT2D eigenvalue weighted by Gasteiger charge is 2.13. The van der Waals surface area contributed by atoms with Gasteiger partial charge in [-0.15, -0.1) is 0 Å². The summed E-state index contributed by atoms with van der Waals surface area (Å²) in [6.07, 6.45) is 3.38. The van der Waals surface area contributed by atoms with Crippen LogP contribution >= 0.6 is 0 Å². The molecule has 7 heteroatoms. The Bertz CT molecular complexity index is 701. The summed E-state index contributed by atoms with van der Waals surface area (Å²) < 4.78 is 5.31. The first-order valence-corrected chi connectivity index (χ1v) is 7.68. The fourth-order valence-corrected chi connectivity index (χ4v) is 1.95. The Labute approximate surface area is 140 Å². The second kappa shape index (κ2) is 8.61. The fraction of sp³-hybridized carbons (Fsp3) is 0.294. The first kappa shape index (κ1) is 17.4. The number of hydrogen-bond donors (Lipinski definition) is 2. The Hall–Kier alpha value is -2.96. The van der Waals surface area contributed by atoms with E-state index >= 15 is 0 Å². The molecule has 0 saturated carbocycles. The molecule has 0 aliphatic carbocycles. The lowest BCUT2D eigenvalue weighted by Gasteiger charge is -2.09. The number of aryl methyl sites for hydroxylation is 1. The molecule has 2 heterocycles. The van der Waals surface area contributed by atoms with E-state index in [1.54, 1.807) is 30.6 Å². The Morgan fingerprint density at radius 3 is 2.75 bits per heavy atom. The normalized spacial score (nSPS) is 10.1.